The quantitative estimate of drug-likeness (QED) is 0.824. The molecule has 2 fully saturated rings. The number of fused-ring (bicyclic) bond motifs is 2. The van der Waals surface area contributed by atoms with Gasteiger partial charge in [0, 0.05) is 29.0 Å². The van der Waals surface area contributed by atoms with Crippen LogP contribution in [0, 0.1) is 0 Å². The lowest BCUT2D eigenvalue weighted by atomic mass is 9.96. The standard InChI is InChI=1S/C18H20BrN3O/c19-17-5-2-1-4-13(17)10-18(23)22-14-6-7-15(22)12-16(11-14)21-9-3-8-20-21/h1-5,8-9,14-16H,6-7,10-12H2. The zero-order chi connectivity index (χ0) is 15.8. The predicted octanol–water partition coefficient (Wildman–Crippen LogP) is 3.58. The van der Waals surface area contributed by atoms with Crippen molar-refractivity contribution in [1.29, 1.82) is 0 Å². The Morgan fingerprint density at radius 2 is 1.87 bits per heavy atom. The normalized spacial score (nSPS) is 26.5. The number of benzene rings is 1. The Hall–Kier alpha value is -1.62. The molecule has 120 valence electrons. The number of rotatable bonds is 3. The zero-order valence-electron chi connectivity index (χ0n) is 12.9. The minimum atomic E-state index is 0.267. The van der Waals surface area contributed by atoms with Crippen molar-refractivity contribution in [3.8, 4) is 0 Å². The first kappa shape index (κ1) is 14.9. The van der Waals surface area contributed by atoms with Crippen molar-refractivity contribution in [1.82, 2.24) is 14.7 Å². The van der Waals surface area contributed by atoms with Crippen LogP contribution in [0.5, 0.6) is 0 Å². The van der Waals surface area contributed by atoms with Gasteiger partial charge in [-0.15, -0.1) is 0 Å². The number of carbonyl (C=O) groups is 1. The van der Waals surface area contributed by atoms with Gasteiger partial charge in [0.05, 0.1) is 12.5 Å². The Bertz CT molecular complexity index is 686. The van der Waals surface area contributed by atoms with E-state index >= 15 is 0 Å². The van der Waals surface area contributed by atoms with Crippen LogP contribution < -0.4 is 0 Å². The van der Waals surface area contributed by atoms with Crippen LogP contribution in [0.25, 0.3) is 0 Å². The molecule has 1 amide bonds. The summed E-state index contributed by atoms with van der Waals surface area (Å²) < 4.78 is 3.09. The van der Waals surface area contributed by atoms with E-state index in [1.807, 2.05) is 42.7 Å². The number of carbonyl (C=O) groups excluding carboxylic acids is 1. The molecule has 0 aliphatic carbocycles. The number of hydrogen-bond donors (Lipinski definition) is 0. The lowest BCUT2D eigenvalue weighted by molar-refractivity contribution is -0.135. The summed E-state index contributed by atoms with van der Waals surface area (Å²) >= 11 is 3.55. The van der Waals surface area contributed by atoms with Gasteiger partial charge in [-0.25, -0.2) is 0 Å². The fourth-order valence-electron chi connectivity index (χ4n) is 4.16. The molecule has 0 spiro atoms. The maximum absolute atomic E-state index is 12.9. The van der Waals surface area contributed by atoms with E-state index in [1.165, 1.54) is 0 Å². The van der Waals surface area contributed by atoms with Crippen LogP contribution in [0.2, 0.25) is 0 Å². The molecule has 23 heavy (non-hydrogen) atoms. The number of nitrogens with zero attached hydrogens (tertiary/aromatic N) is 3. The minimum Gasteiger partial charge on any atom is -0.336 e. The largest absolute Gasteiger partial charge is 0.336 e. The van der Waals surface area contributed by atoms with Gasteiger partial charge in [-0.3, -0.25) is 9.48 Å². The smallest absolute Gasteiger partial charge is 0.227 e. The monoisotopic (exact) mass is 373 g/mol. The Balaban J connectivity index is 1.48. The Morgan fingerprint density at radius 1 is 1.13 bits per heavy atom. The lowest BCUT2D eigenvalue weighted by Gasteiger charge is -2.39. The number of piperidine rings is 1. The van der Waals surface area contributed by atoms with Crippen molar-refractivity contribution in [2.45, 2.75) is 50.2 Å². The molecule has 2 bridgehead atoms. The molecule has 5 heteroatoms. The summed E-state index contributed by atoms with van der Waals surface area (Å²) in [6.45, 7) is 0. The molecule has 1 aromatic heterocycles. The molecule has 2 unspecified atom stereocenters. The fourth-order valence-corrected chi connectivity index (χ4v) is 4.59. The molecule has 3 heterocycles. The van der Waals surface area contributed by atoms with Crippen LogP contribution in [0.15, 0.2) is 47.2 Å². The highest BCUT2D eigenvalue weighted by atomic mass is 79.9. The number of hydrogen-bond acceptors (Lipinski definition) is 2. The summed E-state index contributed by atoms with van der Waals surface area (Å²) in [6, 6.07) is 11.2. The number of amides is 1. The third-order valence-electron chi connectivity index (χ3n) is 5.19. The summed E-state index contributed by atoms with van der Waals surface area (Å²) in [5, 5.41) is 4.39. The average molecular weight is 374 g/mol. The summed E-state index contributed by atoms with van der Waals surface area (Å²) in [5.74, 6) is 0.267. The Labute approximate surface area is 144 Å². The second kappa shape index (κ2) is 6.11. The van der Waals surface area contributed by atoms with Crippen molar-refractivity contribution in [3.63, 3.8) is 0 Å². The first-order valence-electron chi connectivity index (χ1n) is 8.26. The third kappa shape index (κ3) is 2.82. The first-order chi connectivity index (χ1) is 11.2. The molecule has 4 nitrogen and oxygen atoms in total. The highest BCUT2D eigenvalue weighted by molar-refractivity contribution is 9.10. The second-order valence-electron chi connectivity index (χ2n) is 6.57. The first-order valence-corrected chi connectivity index (χ1v) is 9.05. The van der Waals surface area contributed by atoms with Crippen LogP contribution in [0.4, 0.5) is 0 Å². The topological polar surface area (TPSA) is 38.1 Å². The molecule has 2 aliphatic heterocycles. The van der Waals surface area contributed by atoms with Crippen LogP contribution in [0.1, 0.15) is 37.3 Å². The molecule has 2 aromatic rings. The molecule has 0 N–H and O–H groups in total. The lowest BCUT2D eigenvalue weighted by Crippen LogP contribution is -2.47. The molecule has 2 saturated heterocycles. The maximum atomic E-state index is 12.9. The van der Waals surface area contributed by atoms with Crippen molar-refractivity contribution in [2.24, 2.45) is 0 Å². The Kier molecular flexibility index (Phi) is 3.97. The Morgan fingerprint density at radius 3 is 2.52 bits per heavy atom. The molecular formula is C18H20BrN3O. The van der Waals surface area contributed by atoms with E-state index < -0.39 is 0 Å². The van der Waals surface area contributed by atoms with E-state index in [2.05, 4.69) is 30.6 Å². The van der Waals surface area contributed by atoms with Gasteiger partial charge in [-0.1, -0.05) is 34.1 Å². The van der Waals surface area contributed by atoms with E-state index in [0.29, 0.717) is 24.5 Å². The van der Waals surface area contributed by atoms with Crippen molar-refractivity contribution >= 4 is 21.8 Å². The fraction of sp³-hybridized carbons (Fsp3) is 0.444. The highest BCUT2D eigenvalue weighted by Gasteiger charge is 2.43. The molecular weight excluding hydrogens is 354 g/mol. The summed E-state index contributed by atoms with van der Waals surface area (Å²) in [7, 11) is 0. The number of halogens is 1. The molecule has 0 radical (unpaired) electrons. The molecule has 2 aliphatic rings. The van der Waals surface area contributed by atoms with Gasteiger partial charge in [0.25, 0.3) is 0 Å². The molecule has 2 atom stereocenters. The van der Waals surface area contributed by atoms with Gasteiger partial charge in [0.15, 0.2) is 0 Å². The predicted molar refractivity (Wildman–Crippen MR) is 92.0 cm³/mol. The SMILES string of the molecule is O=C(Cc1ccccc1Br)N1C2CCC1CC(n1cccn1)C2. The van der Waals surface area contributed by atoms with Crippen LogP contribution in [0.3, 0.4) is 0 Å². The zero-order valence-corrected chi connectivity index (χ0v) is 14.5. The van der Waals surface area contributed by atoms with Crippen LogP contribution in [-0.2, 0) is 11.2 Å². The van der Waals surface area contributed by atoms with E-state index in [9.17, 15) is 4.79 Å². The van der Waals surface area contributed by atoms with E-state index in [4.69, 9.17) is 0 Å². The van der Waals surface area contributed by atoms with Gasteiger partial charge in [-0.05, 0) is 43.4 Å². The second-order valence-corrected chi connectivity index (χ2v) is 7.42. The van der Waals surface area contributed by atoms with Crippen molar-refractivity contribution in [2.75, 3.05) is 0 Å². The molecule has 1 aromatic carbocycles. The van der Waals surface area contributed by atoms with Crippen molar-refractivity contribution in [3.05, 3.63) is 52.8 Å². The summed E-state index contributed by atoms with van der Waals surface area (Å²) in [6.07, 6.45) is 8.68. The highest BCUT2D eigenvalue weighted by Crippen LogP contribution is 2.41. The number of aromatic nitrogens is 2. The molecule has 0 saturated carbocycles. The third-order valence-corrected chi connectivity index (χ3v) is 5.97. The van der Waals surface area contributed by atoms with Gasteiger partial charge in [0.1, 0.15) is 0 Å². The average Bonchev–Trinajstić information content (AvgIpc) is 3.16. The van der Waals surface area contributed by atoms with Gasteiger partial charge >= 0.3 is 0 Å². The van der Waals surface area contributed by atoms with Gasteiger partial charge in [-0.2, -0.15) is 5.10 Å². The van der Waals surface area contributed by atoms with Gasteiger partial charge < -0.3 is 4.90 Å². The summed E-state index contributed by atoms with van der Waals surface area (Å²) in [5.41, 5.74) is 1.08. The van der Waals surface area contributed by atoms with E-state index in [1.54, 1.807) is 0 Å². The van der Waals surface area contributed by atoms with E-state index in [-0.39, 0.29) is 5.91 Å². The minimum absolute atomic E-state index is 0.267. The maximum Gasteiger partial charge on any atom is 0.227 e. The van der Waals surface area contributed by atoms with Gasteiger partial charge in [0.2, 0.25) is 5.91 Å². The summed E-state index contributed by atoms with van der Waals surface area (Å²) in [4.78, 5) is 15.0. The molecule has 4 rings (SSSR count). The van der Waals surface area contributed by atoms with Crippen molar-refractivity contribution < 1.29 is 4.79 Å². The van der Waals surface area contributed by atoms with Crippen LogP contribution in [-0.4, -0.2) is 32.7 Å². The van der Waals surface area contributed by atoms with E-state index in [0.717, 1.165) is 35.7 Å². The van der Waals surface area contributed by atoms with Crippen LogP contribution >= 0.6 is 15.9 Å².